The molecule has 1 unspecified atom stereocenters. The van der Waals surface area contributed by atoms with Crippen molar-refractivity contribution in [3.05, 3.63) is 35.9 Å². The van der Waals surface area contributed by atoms with Crippen LogP contribution in [-0.2, 0) is 4.74 Å². The molecule has 18 heavy (non-hydrogen) atoms. The smallest absolute Gasteiger partial charge is 0.128 e. The normalized spacial score (nSPS) is 18.7. The minimum atomic E-state index is 0.296. The highest BCUT2D eigenvalue weighted by Crippen LogP contribution is 2.21. The van der Waals surface area contributed by atoms with Crippen LogP contribution in [0.2, 0.25) is 0 Å². The minimum Gasteiger partial charge on any atom is -0.379 e. The number of hydrogen-bond acceptors (Lipinski definition) is 4. The van der Waals surface area contributed by atoms with E-state index in [1.54, 1.807) is 6.07 Å². The molecule has 0 bridgehead atoms. The monoisotopic (exact) mass is 239 g/mol. The maximum atomic E-state index is 9.19. The summed E-state index contributed by atoms with van der Waals surface area (Å²) in [6, 6.07) is 12.0. The Balaban J connectivity index is 2.00. The highest BCUT2D eigenvalue weighted by molar-refractivity contribution is 5.86. The number of nitrogens with one attached hydrogen (secondary N) is 1. The van der Waals surface area contributed by atoms with Crippen LogP contribution in [0.5, 0.6) is 0 Å². The molecule has 1 saturated heterocycles. The van der Waals surface area contributed by atoms with Gasteiger partial charge >= 0.3 is 0 Å². The second-order valence-corrected chi connectivity index (χ2v) is 4.39. The zero-order valence-electron chi connectivity index (χ0n) is 9.89. The molecule has 1 fully saturated rings. The van der Waals surface area contributed by atoms with Gasteiger partial charge < -0.3 is 10.1 Å². The lowest BCUT2D eigenvalue weighted by molar-refractivity contribution is 0.195. The molecule has 0 radical (unpaired) electrons. The van der Waals surface area contributed by atoms with Gasteiger partial charge in [-0.3, -0.25) is 0 Å². The van der Waals surface area contributed by atoms with Crippen LogP contribution in [0, 0.1) is 11.3 Å². The van der Waals surface area contributed by atoms with Crippen molar-refractivity contribution in [3.8, 4) is 6.07 Å². The summed E-state index contributed by atoms with van der Waals surface area (Å²) in [6.07, 6.45) is 0.983. The van der Waals surface area contributed by atoms with Crippen molar-refractivity contribution < 1.29 is 4.74 Å². The number of nitrogens with zero attached hydrogens (tertiary/aromatic N) is 2. The molecular formula is C14H13N3O. The fourth-order valence-corrected chi connectivity index (χ4v) is 2.20. The zero-order valence-corrected chi connectivity index (χ0v) is 9.89. The Bertz CT molecular complexity index is 612. The molecule has 0 spiro atoms. The molecule has 90 valence electrons. The van der Waals surface area contributed by atoms with Crippen molar-refractivity contribution in [3.63, 3.8) is 0 Å². The van der Waals surface area contributed by atoms with E-state index in [1.165, 1.54) is 0 Å². The van der Waals surface area contributed by atoms with Gasteiger partial charge in [-0.25, -0.2) is 4.98 Å². The van der Waals surface area contributed by atoms with E-state index < -0.39 is 0 Å². The highest BCUT2D eigenvalue weighted by Gasteiger charge is 2.16. The lowest BCUT2D eigenvalue weighted by atomic mass is 10.1. The molecule has 2 heterocycles. The van der Waals surface area contributed by atoms with Crippen LogP contribution in [0.25, 0.3) is 10.9 Å². The van der Waals surface area contributed by atoms with Crippen LogP contribution >= 0.6 is 0 Å². The van der Waals surface area contributed by atoms with Gasteiger partial charge in [-0.1, -0.05) is 18.2 Å². The molecule has 1 atom stereocenters. The maximum Gasteiger partial charge on any atom is 0.128 e. The molecule has 1 aromatic heterocycles. The van der Waals surface area contributed by atoms with Crippen molar-refractivity contribution in [2.24, 2.45) is 0 Å². The minimum absolute atomic E-state index is 0.296. The molecule has 1 N–H and O–H groups in total. The Labute approximate surface area is 105 Å². The second kappa shape index (κ2) is 4.63. The number of nitriles is 1. The van der Waals surface area contributed by atoms with Gasteiger partial charge in [-0.05, 0) is 18.6 Å². The molecule has 1 aliphatic heterocycles. The molecule has 0 aliphatic carbocycles. The summed E-state index contributed by atoms with van der Waals surface area (Å²) in [4.78, 5) is 4.53. The van der Waals surface area contributed by atoms with Gasteiger partial charge in [0.05, 0.1) is 29.8 Å². The summed E-state index contributed by atoms with van der Waals surface area (Å²) in [6.45, 7) is 1.49. The van der Waals surface area contributed by atoms with Crippen molar-refractivity contribution in [1.29, 1.82) is 5.26 Å². The number of hydrogen-bond donors (Lipinski definition) is 1. The van der Waals surface area contributed by atoms with E-state index in [2.05, 4.69) is 16.4 Å². The highest BCUT2D eigenvalue weighted by atomic mass is 16.5. The Morgan fingerprint density at radius 1 is 1.39 bits per heavy atom. The van der Waals surface area contributed by atoms with Gasteiger partial charge in [0.1, 0.15) is 5.82 Å². The van der Waals surface area contributed by atoms with Crippen LogP contribution in [-0.4, -0.2) is 24.2 Å². The maximum absolute atomic E-state index is 9.19. The van der Waals surface area contributed by atoms with E-state index >= 15 is 0 Å². The summed E-state index contributed by atoms with van der Waals surface area (Å²) < 4.78 is 5.32. The third-order valence-corrected chi connectivity index (χ3v) is 3.12. The van der Waals surface area contributed by atoms with Gasteiger partial charge in [0, 0.05) is 12.0 Å². The van der Waals surface area contributed by atoms with Crippen LogP contribution in [0.1, 0.15) is 12.0 Å². The number of aromatic nitrogens is 1. The first-order valence-corrected chi connectivity index (χ1v) is 6.01. The average molecular weight is 239 g/mol. The zero-order chi connectivity index (χ0) is 12.4. The number of pyridine rings is 1. The lowest BCUT2D eigenvalue weighted by Crippen LogP contribution is -2.19. The van der Waals surface area contributed by atoms with Crippen LogP contribution in [0.4, 0.5) is 5.82 Å². The van der Waals surface area contributed by atoms with Crippen LogP contribution in [0.3, 0.4) is 0 Å². The first-order valence-electron chi connectivity index (χ1n) is 6.01. The molecule has 0 saturated carbocycles. The second-order valence-electron chi connectivity index (χ2n) is 4.39. The fourth-order valence-electron chi connectivity index (χ4n) is 2.20. The van der Waals surface area contributed by atoms with Gasteiger partial charge in [0.15, 0.2) is 0 Å². The quantitative estimate of drug-likeness (QED) is 0.873. The van der Waals surface area contributed by atoms with E-state index in [9.17, 15) is 5.26 Å². The van der Waals surface area contributed by atoms with E-state index in [1.807, 2.05) is 24.3 Å². The third kappa shape index (κ3) is 2.01. The lowest BCUT2D eigenvalue weighted by Gasteiger charge is -2.12. The average Bonchev–Trinajstić information content (AvgIpc) is 2.90. The summed E-state index contributed by atoms with van der Waals surface area (Å²) in [5.41, 5.74) is 1.50. The SMILES string of the molecule is N#Cc1cc(NC2CCOC2)nc2ccccc12. The summed E-state index contributed by atoms with van der Waals surface area (Å²) >= 11 is 0. The molecule has 4 heteroatoms. The topological polar surface area (TPSA) is 57.9 Å². The predicted octanol–water partition coefficient (Wildman–Crippen LogP) is 2.31. The molecule has 4 nitrogen and oxygen atoms in total. The molecule has 0 amide bonds. The van der Waals surface area contributed by atoms with Crippen molar-refractivity contribution >= 4 is 16.7 Å². The number of anilines is 1. The van der Waals surface area contributed by atoms with E-state index in [0.717, 1.165) is 29.7 Å². The number of fused-ring (bicyclic) bond motifs is 1. The van der Waals surface area contributed by atoms with E-state index in [-0.39, 0.29) is 0 Å². The van der Waals surface area contributed by atoms with Crippen molar-refractivity contribution in [2.45, 2.75) is 12.5 Å². The Kier molecular flexibility index (Phi) is 2.83. The van der Waals surface area contributed by atoms with E-state index in [0.29, 0.717) is 18.2 Å². The number of ether oxygens (including phenoxy) is 1. The number of para-hydroxylation sites is 1. The summed E-state index contributed by atoms with van der Waals surface area (Å²) in [7, 11) is 0. The number of benzene rings is 1. The predicted molar refractivity (Wildman–Crippen MR) is 69.3 cm³/mol. The number of rotatable bonds is 2. The Hall–Kier alpha value is -2.12. The van der Waals surface area contributed by atoms with E-state index in [4.69, 9.17) is 4.74 Å². The van der Waals surface area contributed by atoms with Crippen LogP contribution in [0.15, 0.2) is 30.3 Å². The molecule has 1 aromatic carbocycles. The Morgan fingerprint density at radius 2 is 2.28 bits per heavy atom. The largest absolute Gasteiger partial charge is 0.379 e. The summed E-state index contributed by atoms with van der Waals surface area (Å²) in [5, 5.41) is 13.4. The first kappa shape index (κ1) is 11.0. The third-order valence-electron chi connectivity index (χ3n) is 3.12. The van der Waals surface area contributed by atoms with Gasteiger partial charge in [0.25, 0.3) is 0 Å². The fraction of sp³-hybridized carbons (Fsp3) is 0.286. The molecular weight excluding hydrogens is 226 g/mol. The summed E-state index contributed by atoms with van der Waals surface area (Å²) in [5.74, 6) is 0.751. The van der Waals surface area contributed by atoms with Gasteiger partial charge in [-0.15, -0.1) is 0 Å². The molecule has 1 aliphatic rings. The van der Waals surface area contributed by atoms with Crippen molar-refractivity contribution in [1.82, 2.24) is 4.98 Å². The van der Waals surface area contributed by atoms with Crippen molar-refractivity contribution in [2.75, 3.05) is 18.5 Å². The van der Waals surface area contributed by atoms with Crippen LogP contribution < -0.4 is 5.32 Å². The van der Waals surface area contributed by atoms with Gasteiger partial charge in [0.2, 0.25) is 0 Å². The first-order chi connectivity index (χ1) is 8.86. The Morgan fingerprint density at radius 3 is 3.06 bits per heavy atom. The molecule has 2 aromatic rings. The molecule has 3 rings (SSSR count). The van der Waals surface area contributed by atoms with Gasteiger partial charge in [-0.2, -0.15) is 5.26 Å². The standard InChI is InChI=1S/C14H13N3O/c15-8-10-7-14(16-11-5-6-18-9-11)17-13-4-2-1-3-12(10)13/h1-4,7,11H,5-6,9H2,(H,16,17).